The summed E-state index contributed by atoms with van der Waals surface area (Å²) in [6, 6.07) is 3.16. The van der Waals surface area contributed by atoms with E-state index in [4.69, 9.17) is 0 Å². The third-order valence-corrected chi connectivity index (χ3v) is 2.51. The van der Waals surface area contributed by atoms with Crippen molar-refractivity contribution in [2.45, 2.75) is 13.8 Å². The van der Waals surface area contributed by atoms with Crippen molar-refractivity contribution in [2.24, 2.45) is 0 Å². The van der Waals surface area contributed by atoms with Crippen LogP contribution in [0.15, 0.2) is 16.6 Å². The molecule has 0 aliphatic heterocycles. The van der Waals surface area contributed by atoms with Gasteiger partial charge in [-0.1, -0.05) is 0 Å². The van der Waals surface area contributed by atoms with Crippen molar-refractivity contribution in [3.05, 3.63) is 32.3 Å². The molecule has 1 aromatic rings. The standard InChI is InChI=1S/C9H9BrN2O3/c1-5-8(11-6(2)13)4-3-7(10)9(5)12(14)15/h3-4H,1-2H3,(H,11,13). The van der Waals surface area contributed by atoms with E-state index in [1.165, 1.54) is 13.0 Å². The highest BCUT2D eigenvalue weighted by molar-refractivity contribution is 9.10. The Kier molecular flexibility index (Phi) is 3.41. The number of anilines is 1. The quantitative estimate of drug-likeness (QED) is 0.665. The molecule has 0 saturated carbocycles. The third-order valence-electron chi connectivity index (χ3n) is 1.88. The van der Waals surface area contributed by atoms with Crippen LogP contribution in [-0.4, -0.2) is 10.8 Å². The molecule has 5 nitrogen and oxygen atoms in total. The third kappa shape index (κ3) is 2.53. The van der Waals surface area contributed by atoms with E-state index in [9.17, 15) is 14.9 Å². The second kappa shape index (κ2) is 4.39. The monoisotopic (exact) mass is 272 g/mol. The molecule has 0 aromatic heterocycles. The number of benzene rings is 1. The summed E-state index contributed by atoms with van der Waals surface area (Å²) >= 11 is 3.09. The molecule has 0 aliphatic rings. The fraction of sp³-hybridized carbons (Fsp3) is 0.222. The van der Waals surface area contributed by atoms with Crippen LogP contribution in [0.25, 0.3) is 0 Å². The van der Waals surface area contributed by atoms with Gasteiger partial charge >= 0.3 is 0 Å². The summed E-state index contributed by atoms with van der Waals surface area (Å²) in [6.07, 6.45) is 0. The van der Waals surface area contributed by atoms with Crippen molar-refractivity contribution in [3.8, 4) is 0 Å². The van der Waals surface area contributed by atoms with E-state index in [0.717, 1.165) is 0 Å². The fourth-order valence-corrected chi connectivity index (χ4v) is 1.79. The van der Waals surface area contributed by atoms with Crippen molar-refractivity contribution >= 4 is 33.2 Å². The van der Waals surface area contributed by atoms with Crippen molar-refractivity contribution < 1.29 is 9.72 Å². The number of nitro benzene ring substituents is 1. The summed E-state index contributed by atoms with van der Waals surface area (Å²) in [4.78, 5) is 21.1. The molecule has 0 atom stereocenters. The molecule has 1 amide bonds. The van der Waals surface area contributed by atoms with Crippen LogP contribution >= 0.6 is 15.9 Å². The van der Waals surface area contributed by atoms with Crippen LogP contribution < -0.4 is 5.32 Å². The normalized spacial score (nSPS) is 9.80. The van der Waals surface area contributed by atoms with Gasteiger partial charge in [0, 0.05) is 6.92 Å². The lowest BCUT2D eigenvalue weighted by Crippen LogP contribution is -2.08. The average Bonchev–Trinajstić information content (AvgIpc) is 2.09. The number of halogens is 1. The highest BCUT2D eigenvalue weighted by atomic mass is 79.9. The second-order valence-corrected chi connectivity index (χ2v) is 3.86. The zero-order valence-corrected chi connectivity index (χ0v) is 9.79. The maximum Gasteiger partial charge on any atom is 0.288 e. The van der Waals surface area contributed by atoms with Gasteiger partial charge in [0.05, 0.1) is 20.6 Å². The molecule has 15 heavy (non-hydrogen) atoms. The lowest BCUT2D eigenvalue weighted by atomic mass is 10.1. The van der Waals surface area contributed by atoms with E-state index >= 15 is 0 Å². The maximum absolute atomic E-state index is 10.8. The largest absolute Gasteiger partial charge is 0.326 e. The molecule has 6 heteroatoms. The van der Waals surface area contributed by atoms with Crippen LogP contribution in [0.4, 0.5) is 11.4 Å². The van der Waals surface area contributed by atoms with Gasteiger partial charge in [-0.2, -0.15) is 0 Å². The molecule has 0 saturated heterocycles. The Bertz CT molecular complexity index is 432. The predicted octanol–water partition coefficient (Wildman–Crippen LogP) is 2.62. The number of hydrogen-bond donors (Lipinski definition) is 1. The minimum atomic E-state index is -0.481. The van der Waals surface area contributed by atoms with Gasteiger partial charge in [0.2, 0.25) is 5.91 Å². The summed E-state index contributed by atoms with van der Waals surface area (Å²) in [6.45, 7) is 2.95. The molecule has 0 aliphatic carbocycles. The zero-order valence-electron chi connectivity index (χ0n) is 8.20. The van der Waals surface area contributed by atoms with Crippen LogP contribution in [0, 0.1) is 17.0 Å². The topological polar surface area (TPSA) is 72.2 Å². The van der Waals surface area contributed by atoms with Gasteiger partial charge < -0.3 is 5.32 Å². The van der Waals surface area contributed by atoms with Crippen molar-refractivity contribution in [2.75, 3.05) is 5.32 Å². The molecule has 0 radical (unpaired) electrons. The number of nitro groups is 1. The number of rotatable bonds is 2. The molecular weight excluding hydrogens is 264 g/mol. The van der Waals surface area contributed by atoms with Crippen LogP contribution in [0.5, 0.6) is 0 Å². The van der Waals surface area contributed by atoms with E-state index in [-0.39, 0.29) is 11.6 Å². The van der Waals surface area contributed by atoms with Crippen LogP contribution in [0.3, 0.4) is 0 Å². The fourth-order valence-electron chi connectivity index (χ4n) is 1.22. The Morgan fingerprint density at radius 1 is 1.53 bits per heavy atom. The molecule has 1 N–H and O–H groups in total. The molecule has 0 bridgehead atoms. The first kappa shape index (κ1) is 11.6. The van der Waals surface area contributed by atoms with Crippen molar-refractivity contribution in [1.82, 2.24) is 0 Å². The number of amides is 1. The van der Waals surface area contributed by atoms with Crippen molar-refractivity contribution in [3.63, 3.8) is 0 Å². The van der Waals surface area contributed by atoms with Gasteiger partial charge in [-0.05, 0) is 35.0 Å². The molecule has 0 heterocycles. The van der Waals surface area contributed by atoms with Crippen LogP contribution in [0.2, 0.25) is 0 Å². The minimum absolute atomic E-state index is 0.0266. The SMILES string of the molecule is CC(=O)Nc1ccc(Br)c([N+](=O)[O-])c1C. The molecule has 1 rings (SSSR count). The molecule has 0 fully saturated rings. The summed E-state index contributed by atoms with van der Waals surface area (Å²) in [5.41, 5.74) is 0.864. The van der Waals surface area contributed by atoms with Crippen molar-refractivity contribution in [1.29, 1.82) is 0 Å². The van der Waals surface area contributed by atoms with E-state index in [1.807, 2.05) is 0 Å². The van der Waals surface area contributed by atoms with Crippen LogP contribution in [-0.2, 0) is 4.79 Å². The van der Waals surface area contributed by atoms with Gasteiger partial charge in [-0.3, -0.25) is 14.9 Å². The average molecular weight is 273 g/mol. The van der Waals surface area contributed by atoms with Crippen LogP contribution in [0.1, 0.15) is 12.5 Å². The number of nitrogens with one attached hydrogen (secondary N) is 1. The van der Waals surface area contributed by atoms with Gasteiger partial charge in [0.25, 0.3) is 5.69 Å². The number of hydrogen-bond acceptors (Lipinski definition) is 3. The van der Waals surface area contributed by atoms with E-state index in [0.29, 0.717) is 15.7 Å². The second-order valence-electron chi connectivity index (χ2n) is 3.01. The number of nitrogens with zero attached hydrogens (tertiary/aromatic N) is 1. The minimum Gasteiger partial charge on any atom is -0.326 e. The summed E-state index contributed by atoms with van der Waals surface area (Å²) < 4.78 is 0.402. The first-order valence-corrected chi connectivity index (χ1v) is 4.94. The Morgan fingerprint density at radius 3 is 2.60 bits per heavy atom. The van der Waals surface area contributed by atoms with E-state index in [2.05, 4.69) is 21.2 Å². The Balaban J connectivity index is 3.28. The maximum atomic E-state index is 10.8. The summed E-state index contributed by atoms with van der Waals surface area (Å²) in [5, 5.41) is 13.3. The lowest BCUT2D eigenvalue weighted by molar-refractivity contribution is -0.386. The predicted molar refractivity (Wildman–Crippen MR) is 59.8 cm³/mol. The number of carbonyl (C=O) groups excluding carboxylic acids is 1. The molecule has 0 unspecified atom stereocenters. The molecule has 1 aromatic carbocycles. The Morgan fingerprint density at radius 2 is 2.13 bits per heavy atom. The highest BCUT2D eigenvalue weighted by Crippen LogP contribution is 2.33. The lowest BCUT2D eigenvalue weighted by Gasteiger charge is -2.07. The Labute approximate surface area is 94.8 Å². The zero-order chi connectivity index (χ0) is 11.6. The molecule has 80 valence electrons. The first-order valence-electron chi connectivity index (χ1n) is 4.14. The van der Waals surface area contributed by atoms with Gasteiger partial charge in [0.15, 0.2) is 0 Å². The molecular formula is C9H9BrN2O3. The smallest absolute Gasteiger partial charge is 0.288 e. The summed E-state index contributed by atoms with van der Waals surface area (Å²) in [7, 11) is 0. The van der Waals surface area contributed by atoms with E-state index < -0.39 is 4.92 Å². The molecule has 0 spiro atoms. The highest BCUT2D eigenvalue weighted by Gasteiger charge is 2.18. The summed E-state index contributed by atoms with van der Waals surface area (Å²) in [5.74, 6) is -0.255. The number of carbonyl (C=O) groups is 1. The van der Waals surface area contributed by atoms with Gasteiger partial charge in [-0.25, -0.2) is 0 Å². The first-order chi connectivity index (χ1) is 6.93. The Hall–Kier alpha value is -1.43. The van der Waals surface area contributed by atoms with Gasteiger partial charge in [0.1, 0.15) is 0 Å². The van der Waals surface area contributed by atoms with E-state index in [1.54, 1.807) is 13.0 Å². The van der Waals surface area contributed by atoms with Gasteiger partial charge in [-0.15, -0.1) is 0 Å².